The second kappa shape index (κ2) is 9.71. The Morgan fingerprint density at radius 2 is 1.32 bits per heavy atom. The van der Waals surface area contributed by atoms with Crippen LogP contribution >= 0.6 is 0 Å². The van der Waals surface area contributed by atoms with E-state index in [0.29, 0.717) is 6.54 Å². The molecule has 3 nitrogen and oxygen atoms in total. The average Bonchev–Trinajstić information content (AvgIpc) is 2.68. The lowest BCUT2D eigenvalue weighted by atomic mass is 10.1. The van der Waals surface area contributed by atoms with Crippen LogP contribution < -0.4 is 5.73 Å². The highest BCUT2D eigenvalue weighted by Crippen LogP contribution is 2.09. The Bertz CT molecular complexity index is 618. The summed E-state index contributed by atoms with van der Waals surface area (Å²) in [5, 5.41) is 0. The van der Waals surface area contributed by atoms with Crippen LogP contribution in [0.5, 0.6) is 0 Å². The van der Waals surface area contributed by atoms with Crippen LogP contribution in [0.3, 0.4) is 0 Å². The summed E-state index contributed by atoms with van der Waals surface area (Å²) in [6.45, 7) is 7.82. The SMILES string of the molecule is NCc1cccc(CCN2CCN(CCCc3ccccc3)CC2)c1. The highest BCUT2D eigenvalue weighted by atomic mass is 15.3. The third-order valence-corrected chi connectivity index (χ3v) is 5.19. The van der Waals surface area contributed by atoms with E-state index in [4.69, 9.17) is 5.73 Å². The molecule has 134 valence electrons. The third-order valence-electron chi connectivity index (χ3n) is 5.19. The lowest BCUT2D eigenvalue weighted by molar-refractivity contribution is 0.132. The van der Waals surface area contributed by atoms with E-state index in [0.717, 1.165) is 13.0 Å². The molecule has 1 saturated heterocycles. The maximum Gasteiger partial charge on any atom is 0.0178 e. The molecule has 2 aromatic rings. The standard InChI is InChI=1S/C22H31N3/c23-19-22-9-4-8-21(18-22)11-13-25-16-14-24(15-17-25)12-5-10-20-6-2-1-3-7-20/h1-4,6-9,18H,5,10-17,19,23H2. The zero-order chi connectivity index (χ0) is 17.3. The second-order valence-corrected chi connectivity index (χ2v) is 7.05. The molecule has 3 heteroatoms. The zero-order valence-corrected chi connectivity index (χ0v) is 15.2. The maximum absolute atomic E-state index is 5.73. The van der Waals surface area contributed by atoms with Crippen LogP contribution in [0.4, 0.5) is 0 Å². The van der Waals surface area contributed by atoms with Gasteiger partial charge in [-0.1, -0.05) is 54.6 Å². The maximum atomic E-state index is 5.73. The van der Waals surface area contributed by atoms with E-state index in [-0.39, 0.29) is 0 Å². The first-order valence-electron chi connectivity index (χ1n) is 9.60. The molecule has 25 heavy (non-hydrogen) atoms. The number of nitrogens with zero attached hydrogens (tertiary/aromatic N) is 2. The summed E-state index contributed by atoms with van der Waals surface area (Å²) in [4.78, 5) is 5.22. The van der Waals surface area contributed by atoms with Crippen molar-refractivity contribution in [1.82, 2.24) is 9.80 Å². The topological polar surface area (TPSA) is 32.5 Å². The molecule has 0 bridgehead atoms. The molecule has 0 spiro atoms. The number of nitrogens with two attached hydrogens (primary N) is 1. The van der Waals surface area contributed by atoms with Crippen molar-refractivity contribution in [3.8, 4) is 0 Å². The molecule has 3 rings (SSSR count). The highest BCUT2D eigenvalue weighted by molar-refractivity contribution is 5.23. The highest BCUT2D eigenvalue weighted by Gasteiger charge is 2.16. The molecule has 1 aliphatic heterocycles. The number of benzene rings is 2. The van der Waals surface area contributed by atoms with Gasteiger partial charge in [0, 0.05) is 39.3 Å². The molecule has 0 radical (unpaired) electrons. The van der Waals surface area contributed by atoms with Crippen LogP contribution in [0.25, 0.3) is 0 Å². The minimum Gasteiger partial charge on any atom is -0.326 e. The van der Waals surface area contributed by atoms with E-state index in [9.17, 15) is 0 Å². The molecular formula is C22H31N3. The largest absolute Gasteiger partial charge is 0.326 e. The first kappa shape index (κ1) is 18.1. The van der Waals surface area contributed by atoms with Gasteiger partial charge in [0.1, 0.15) is 0 Å². The van der Waals surface area contributed by atoms with Gasteiger partial charge >= 0.3 is 0 Å². The zero-order valence-electron chi connectivity index (χ0n) is 15.2. The Hall–Kier alpha value is -1.68. The molecule has 2 aromatic carbocycles. The van der Waals surface area contributed by atoms with Gasteiger partial charge in [-0.15, -0.1) is 0 Å². The van der Waals surface area contributed by atoms with E-state index in [1.54, 1.807) is 0 Å². The summed E-state index contributed by atoms with van der Waals surface area (Å²) >= 11 is 0. The smallest absolute Gasteiger partial charge is 0.0178 e. The minimum atomic E-state index is 0.634. The quantitative estimate of drug-likeness (QED) is 0.804. The Morgan fingerprint density at radius 3 is 2.04 bits per heavy atom. The second-order valence-electron chi connectivity index (χ2n) is 7.05. The fourth-order valence-corrected chi connectivity index (χ4v) is 3.59. The molecule has 0 aliphatic carbocycles. The van der Waals surface area contributed by atoms with Gasteiger partial charge in [-0.05, 0) is 42.5 Å². The molecule has 1 aliphatic rings. The van der Waals surface area contributed by atoms with E-state index in [1.807, 2.05) is 0 Å². The molecule has 0 atom stereocenters. The van der Waals surface area contributed by atoms with E-state index < -0.39 is 0 Å². The third kappa shape index (κ3) is 5.96. The minimum absolute atomic E-state index is 0.634. The number of hydrogen-bond donors (Lipinski definition) is 1. The predicted molar refractivity (Wildman–Crippen MR) is 106 cm³/mol. The fourth-order valence-electron chi connectivity index (χ4n) is 3.59. The lowest BCUT2D eigenvalue weighted by Gasteiger charge is -2.34. The summed E-state index contributed by atoms with van der Waals surface area (Å²) in [6.07, 6.45) is 3.58. The normalized spacial score (nSPS) is 16.2. The number of rotatable bonds is 8. The Kier molecular flexibility index (Phi) is 7.04. The van der Waals surface area contributed by atoms with Crippen LogP contribution in [-0.4, -0.2) is 49.1 Å². The molecule has 0 unspecified atom stereocenters. The summed E-state index contributed by atoms with van der Waals surface area (Å²) in [5.74, 6) is 0. The Morgan fingerprint density at radius 1 is 0.680 bits per heavy atom. The van der Waals surface area contributed by atoms with Crippen molar-refractivity contribution < 1.29 is 0 Å². The summed E-state index contributed by atoms with van der Waals surface area (Å²) in [5.41, 5.74) is 9.84. The van der Waals surface area contributed by atoms with Gasteiger partial charge < -0.3 is 15.5 Å². The monoisotopic (exact) mass is 337 g/mol. The molecule has 0 amide bonds. The van der Waals surface area contributed by atoms with Gasteiger partial charge in [-0.25, -0.2) is 0 Å². The van der Waals surface area contributed by atoms with E-state index in [1.165, 1.54) is 62.3 Å². The van der Waals surface area contributed by atoms with Gasteiger partial charge in [0.2, 0.25) is 0 Å². The summed E-state index contributed by atoms with van der Waals surface area (Å²) < 4.78 is 0. The number of aryl methyl sites for hydroxylation is 1. The van der Waals surface area contributed by atoms with Crippen molar-refractivity contribution in [2.45, 2.75) is 25.8 Å². The van der Waals surface area contributed by atoms with Crippen molar-refractivity contribution in [3.63, 3.8) is 0 Å². The van der Waals surface area contributed by atoms with Gasteiger partial charge in [0.25, 0.3) is 0 Å². The number of piperazine rings is 1. The molecule has 0 saturated carbocycles. The Balaban J connectivity index is 1.33. The molecule has 1 fully saturated rings. The van der Waals surface area contributed by atoms with Gasteiger partial charge in [0.15, 0.2) is 0 Å². The molecular weight excluding hydrogens is 306 g/mol. The van der Waals surface area contributed by atoms with E-state index in [2.05, 4.69) is 64.4 Å². The van der Waals surface area contributed by atoms with Crippen molar-refractivity contribution in [2.75, 3.05) is 39.3 Å². The fraction of sp³-hybridized carbons (Fsp3) is 0.455. The average molecular weight is 338 g/mol. The lowest BCUT2D eigenvalue weighted by Crippen LogP contribution is -2.47. The molecule has 0 aromatic heterocycles. The number of hydrogen-bond acceptors (Lipinski definition) is 3. The van der Waals surface area contributed by atoms with Gasteiger partial charge in [-0.2, -0.15) is 0 Å². The van der Waals surface area contributed by atoms with Crippen LogP contribution in [-0.2, 0) is 19.4 Å². The Labute approximate surface area is 152 Å². The molecule has 1 heterocycles. The van der Waals surface area contributed by atoms with Crippen LogP contribution in [0.15, 0.2) is 54.6 Å². The van der Waals surface area contributed by atoms with Crippen molar-refractivity contribution in [1.29, 1.82) is 0 Å². The van der Waals surface area contributed by atoms with Crippen LogP contribution in [0.1, 0.15) is 23.1 Å². The first-order chi connectivity index (χ1) is 12.3. The molecule has 2 N–H and O–H groups in total. The van der Waals surface area contributed by atoms with Crippen molar-refractivity contribution in [3.05, 3.63) is 71.3 Å². The van der Waals surface area contributed by atoms with Gasteiger partial charge in [-0.3, -0.25) is 0 Å². The summed E-state index contributed by atoms with van der Waals surface area (Å²) in [7, 11) is 0. The predicted octanol–water partition coefficient (Wildman–Crippen LogP) is 2.94. The van der Waals surface area contributed by atoms with Crippen LogP contribution in [0, 0.1) is 0 Å². The van der Waals surface area contributed by atoms with E-state index >= 15 is 0 Å². The summed E-state index contributed by atoms with van der Waals surface area (Å²) in [6, 6.07) is 19.5. The van der Waals surface area contributed by atoms with Gasteiger partial charge in [0.05, 0.1) is 0 Å². The van der Waals surface area contributed by atoms with Crippen LogP contribution in [0.2, 0.25) is 0 Å². The van der Waals surface area contributed by atoms with Crippen molar-refractivity contribution >= 4 is 0 Å². The van der Waals surface area contributed by atoms with Crippen molar-refractivity contribution in [2.24, 2.45) is 5.73 Å². The first-order valence-corrected chi connectivity index (χ1v) is 9.60.